The number of rotatable bonds is 6. The van der Waals surface area contributed by atoms with E-state index in [4.69, 9.17) is 4.74 Å². The van der Waals surface area contributed by atoms with Crippen LogP contribution >= 0.6 is 0 Å². The number of aromatic nitrogens is 2. The Morgan fingerprint density at radius 1 is 1.03 bits per heavy atom. The van der Waals surface area contributed by atoms with Crippen molar-refractivity contribution < 1.29 is 22.7 Å². The number of Topliss-reactive ketones (excluding diaryl/α,β-unsaturated/α-hetero) is 1. The van der Waals surface area contributed by atoms with Gasteiger partial charge in [0, 0.05) is 5.56 Å². The molecule has 0 saturated carbocycles. The van der Waals surface area contributed by atoms with Gasteiger partial charge in [-0.05, 0) is 54.0 Å². The molecule has 1 aromatic heterocycles. The number of nitrogens with zero attached hydrogens (tertiary/aromatic N) is 1. The molecule has 32 heavy (non-hydrogen) atoms. The molecule has 0 radical (unpaired) electrons. The van der Waals surface area contributed by atoms with Crippen LogP contribution in [0.2, 0.25) is 0 Å². The number of hydrogen-bond acceptors (Lipinski definition) is 3. The number of carbonyl (C=O) groups excluding carboxylic acids is 1. The van der Waals surface area contributed by atoms with Gasteiger partial charge in [0.15, 0.2) is 12.4 Å². The summed E-state index contributed by atoms with van der Waals surface area (Å²) >= 11 is 0. The number of benzene rings is 3. The summed E-state index contributed by atoms with van der Waals surface area (Å²) in [6, 6.07) is 19.5. The van der Waals surface area contributed by atoms with Crippen molar-refractivity contribution in [2.45, 2.75) is 13.1 Å². The Kier molecular flexibility index (Phi) is 5.81. The third-order valence-corrected chi connectivity index (χ3v) is 4.83. The predicted molar refractivity (Wildman–Crippen MR) is 118 cm³/mol. The smallest absolute Gasteiger partial charge is 0.422 e. The SMILES string of the molecule is CC(=O)c1ccccc1-c1ccc2[nH]c(C=Cc3ccc(OCC(F)(F)F)cc3)nc2c1. The number of aromatic amines is 1. The van der Waals surface area contributed by atoms with Crippen LogP contribution in [0.5, 0.6) is 5.75 Å². The fourth-order valence-corrected chi connectivity index (χ4v) is 3.33. The van der Waals surface area contributed by atoms with Gasteiger partial charge in [0.2, 0.25) is 0 Å². The van der Waals surface area contributed by atoms with Gasteiger partial charge in [-0.25, -0.2) is 4.98 Å². The third-order valence-electron chi connectivity index (χ3n) is 4.83. The normalized spacial score (nSPS) is 11.9. The van der Waals surface area contributed by atoms with E-state index in [1.165, 1.54) is 12.1 Å². The number of carbonyl (C=O) groups is 1. The van der Waals surface area contributed by atoms with E-state index in [1.54, 1.807) is 37.3 Å². The number of ketones is 1. The standard InChI is InChI=1S/C25H19F3N2O2/c1-16(31)20-4-2-3-5-21(20)18-9-12-22-23(14-18)30-24(29-22)13-8-17-6-10-19(11-7-17)32-15-25(26,27)28/h2-14H,15H2,1H3,(H,29,30). The Morgan fingerprint density at radius 2 is 1.78 bits per heavy atom. The van der Waals surface area contributed by atoms with Crippen LogP contribution in [0, 0.1) is 0 Å². The Morgan fingerprint density at radius 3 is 2.50 bits per heavy atom. The molecular weight excluding hydrogens is 417 g/mol. The highest BCUT2D eigenvalue weighted by Gasteiger charge is 2.28. The second-order valence-corrected chi connectivity index (χ2v) is 7.26. The number of imidazole rings is 1. The predicted octanol–water partition coefficient (Wildman–Crippen LogP) is 6.54. The van der Waals surface area contributed by atoms with Gasteiger partial charge in [0.25, 0.3) is 0 Å². The van der Waals surface area contributed by atoms with Gasteiger partial charge < -0.3 is 9.72 Å². The lowest BCUT2D eigenvalue weighted by molar-refractivity contribution is -0.153. The molecule has 0 spiro atoms. The molecule has 0 amide bonds. The minimum atomic E-state index is -4.37. The first-order chi connectivity index (χ1) is 15.3. The second kappa shape index (κ2) is 8.70. The lowest BCUT2D eigenvalue weighted by atomic mass is 9.97. The lowest BCUT2D eigenvalue weighted by Crippen LogP contribution is -2.19. The van der Waals surface area contributed by atoms with E-state index in [-0.39, 0.29) is 11.5 Å². The van der Waals surface area contributed by atoms with Crippen LogP contribution in [-0.4, -0.2) is 28.5 Å². The molecule has 0 aliphatic heterocycles. The van der Waals surface area contributed by atoms with Gasteiger partial charge >= 0.3 is 6.18 Å². The number of nitrogens with one attached hydrogen (secondary N) is 1. The van der Waals surface area contributed by atoms with E-state index in [0.717, 1.165) is 27.7 Å². The van der Waals surface area contributed by atoms with Crippen LogP contribution in [0.1, 0.15) is 28.7 Å². The van der Waals surface area contributed by atoms with E-state index >= 15 is 0 Å². The van der Waals surface area contributed by atoms with Crippen LogP contribution in [-0.2, 0) is 0 Å². The zero-order chi connectivity index (χ0) is 22.7. The highest BCUT2D eigenvalue weighted by Crippen LogP contribution is 2.27. The molecule has 0 bridgehead atoms. The molecule has 4 rings (SSSR count). The number of ether oxygens (including phenoxy) is 1. The Balaban J connectivity index is 1.52. The van der Waals surface area contributed by atoms with Crippen LogP contribution in [0.4, 0.5) is 13.2 Å². The van der Waals surface area contributed by atoms with Gasteiger partial charge in [-0.3, -0.25) is 4.79 Å². The minimum absolute atomic E-state index is 0.00109. The van der Waals surface area contributed by atoms with Gasteiger partial charge in [0.05, 0.1) is 11.0 Å². The van der Waals surface area contributed by atoms with Crippen LogP contribution < -0.4 is 4.74 Å². The second-order valence-electron chi connectivity index (χ2n) is 7.26. The summed E-state index contributed by atoms with van der Waals surface area (Å²) in [5, 5.41) is 0. The number of fused-ring (bicyclic) bond motifs is 1. The maximum Gasteiger partial charge on any atom is 0.422 e. The molecule has 0 aliphatic carbocycles. The average Bonchev–Trinajstić information content (AvgIpc) is 3.18. The number of H-pyrrole nitrogens is 1. The summed E-state index contributed by atoms with van der Waals surface area (Å²) in [5.74, 6) is 0.789. The van der Waals surface area contributed by atoms with Crippen molar-refractivity contribution >= 4 is 29.0 Å². The Labute approximate surface area is 182 Å². The van der Waals surface area contributed by atoms with Crippen LogP contribution in [0.15, 0.2) is 66.7 Å². The number of hydrogen-bond donors (Lipinski definition) is 1. The van der Waals surface area contributed by atoms with Gasteiger partial charge in [-0.15, -0.1) is 0 Å². The summed E-state index contributed by atoms with van der Waals surface area (Å²) in [7, 11) is 0. The largest absolute Gasteiger partial charge is 0.484 e. The lowest BCUT2D eigenvalue weighted by Gasteiger charge is -2.08. The average molecular weight is 436 g/mol. The Bertz CT molecular complexity index is 1290. The number of alkyl halides is 3. The van der Waals surface area contributed by atoms with E-state index in [1.807, 2.05) is 36.4 Å². The first-order valence-electron chi connectivity index (χ1n) is 9.86. The molecule has 1 heterocycles. The first kappa shape index (κ1) is 21.4. The van der Waals surface area contributed by atoms with Crippen molar-refractivity contribution in [1.82, 2.24) is 9.97 Å². The van der Waals surface area contributed by atoms with Crippen molar-refractivity contribution in [3.05, 3.63) is 83.7 Å². The van der Waals surface area contributed by atoms with E-state index in [0.29, 0.717) is 11.4 Å². The molecule has 3 aromatic carbocycles. The summed E-state index contributed by atoms with van der Waals surface area (Å²) in [6.45, 7) is 0.226. The molecule has 162 valence electrons. The van der Waals surface area contributed by atoms with Gasteiger partial charge in [-0.2, -0.15) is 13.2 Å². The van der Waals surface area contributed by atoms with Crippen LogP contribution in [0.3, 0.4) is 0 Å². The maximum atomic E-state index is 12.2. The fraction of sp³-hybridized carbons (Fsp3) is 0.120. The minimum Gasteiger partial charge on any atom is -0.484 e. The molecule has 0 unspecified atom stereocenters. The molecule has 1 N–H and O–H groups in total. The van der Waals surface area contributed by atoms with Crippen molar-refractivity contribution in [3.63, 3.8) is 0 Å². The van der Waals surface area contributed by atoms with E-state index < -0.39 is 12.8 Å². The summed E-state index contributed by atoms with van der Waals surface area (Å²) < 4.78 is 41.4. The van der Waals surface area contributed by atoms with E-state index in [9.17, 15) is 18.0 Å². The quantitative estimate of drug-likeness (QED) is 0.349. The van der Waals surface area contributed by atoms with Gasteiger partial charge in [-0.1, -0.05) is 48.5 Å². The van der Waals surface area contributed by atoms with Crippen molar-refractivity contribution in [3.8, 4) is 16.9 Å². The molecule has 0 aliphatic rings. The molecule has 7 heteroatoms. The molecule has 0 atom stereocenters. The van der Waals surface area contributed by atoms with Crippen molar-refractivity contribution in [2.75, 3.05) is 6.61 Å². The van der Waals surface area contributed by atoms with Crippen LogP contribution in [0.25, 0.3) is 34.3 Å². The Hall–Kier alpha value is -3.87. The molecular formula is C25H19F3N2O2. The molecule has 4 aromatic rings. The third kappa shape index (κ3) is 5.06. The zero-order valence-corrected chi connectivity index (χ0v) is 17.1. The maximum absolute atomic E-state index is 12.2. The van der Waals surface area contributed by atoms with E-state index in [2.05, 4.69) is 9.97 Å². The molecule has 0 fully saturated rings. The van der Waals surface area contributed by atoms with Gasteiger partial charge in [0.1, 0.15) is 11.6 Å². The molecule has 4 nitrogen and oxygen atoms in total. The summed E-state index contributed by atoms with van der Waals surface area (Å²) in [6.07, 6.45) is -0.778. The topological polar surface area (TPSA) is 55.0 Å². The van der Waals surface area contributed by atoms with Crippen molar-refractivity contribution in [1.29, 1.82) is 0 Å². The summed E-state index contributed by atoms with van der Waals surface area (Å²) in [4.78, 5) is 19.7. The van der Waals surface area contributed by atoms with Crippen molar-refractivity contribution in [2.24, 2.45) is 0 Å². The first-order valence-corrected chi connectivity index (χ1v) is 9.86. The highest BCUT2D eigenvalue weighted by atomic mass is 19.4. The highest BCUT2D eigenvalue weighted by molar-refractivity contribution is 6.01. The monoisotopic (exact) mass is 436 g/mol. The fourth-order valence-electron chi connectivity index (χ4n) is 3.33. The summed E-state index contributed by atoms with van der Waals surface area (Å²) in [5.41, 5.74) is 4.82. The zero-order valence-electron chi connectivity index (χ0n) is 17.1. The number of halogens is 3. The molecule has 0 saturated heterocycles.